The number of hydrogen-bond acceptors (Lipinski definition) is 6. The molecule has 0 bridgehead atoms. The number of rotatable bonds is 3. The summed E-state index contributed by atoms with van der Waals surface area (Å²) in [6.45, 7) is 0.609. The summed E-state index contributed by atoms with van der Waals surface area (Å²) in [5, 5.41) is 12.4. The molecule has 0 saturated heterocycles. The van der Waals surface area contributed by atoms with Gasteiger partial charge >= 0.3 is 0 Å². The Morgan fingerprint density at radius 2 is 2.38 bits per heavy atom. The molecular formula is C6H9N5OS. The van der Waals surface area contributed by atoms with Crippen LogP contribution < -0.4 is 5.73 Å². The first-order chi connectivity index (χ1) is 6.31. The molecule has 0 fully saturated rings. The van der Waals surface area contributed by atoms with Crippen LogP contribution in [0.3, 0.4) is 0 Å². The molecule has 2 aromatic heterocycles. The van der Waals surface area contributed by atoms with Gasteiger partial charge in [-0.25, -0.2) is 0 Å². The predicted octanol–water partition coefficient (Wildman–Crippen LogP) is -0.0431. The van der Waals surface area contributed by atoms with Crippen LogP contribution in [-0.2, 0) is 11.2 Å². The zero-order valence-electron chi connectivity index (χ0n) is 7.10. The molecule has 0 aliphatic rings. The number of ether oxygens (including phenoxy) is 1. The van der Waals surface area contributed by atoms with Crippen molar-refractivity contribution in [1.82, 2.24) is 19.8 Å². The average molecular weight is 199 g/mol. The summed E-state index contributed by atoms with van der Waals surface area (Å²) in [5.41, 5.74) is 5.52. The fourth-order valence-corrected chi connectivity index (χ4v) is 1.65. The molecular weight excluding hydrogens is 190 g/mol. The summed E-state index contributed by atoms with van der Waals surface area (Å²) < 4.78 is 6.59. The molecule has 70 valence electrons. The van der Waals surface area contributed by atoms with Gasteiger partial charge in [-0.15, -0.1) is 15.3 Å². The topological polar surface area (TPSA) is 78.3 Å². The third-order valence-electron chi connectivity index (χ3n) is 1.60. The first-order valence-corrected chi connectivity index (χ1v) is 4.58. The summed E-state index contributed by atoms with van der Waals surface area (Å²) in [5.74, 6) is 0.782. The quantitative estimate of drug-likeness (QED) is 0.750. The molecule has 0 amide bonds. The van der Waals surface area contributed by atoms with Crippen molar-refractivity contribution in [2.75, 3.05) is 19.5 Å². The SMILES string of the molecule is COCCc1nnc2sc(N)nn12. The number of hydrogen-bond donors (Lipinski definition) is 1. The highest BCUT2D eigenvalue weighted by atomic mass is 32.1. The molecule has 0 unspecified atom stereocenters. The Labute approximate surface area is 78.3 Å². The van der Waals surface area contributed by atoms with Crippen molar-refractivity contribution >= 4 is 21.4 Å². The molecule has 0 atom stereocenters. The number of nitrogens with zero attached hydrogens (tertiary/aromatic N) is 4. The second-order valence-corrected chi connectivity index (χ2v) is 3.48. The zero-order valence-corrected chi connectivity index (χ0v) is 7.91. The fraction of sp³-hybridized carbons (Fsp3) is 0.500. The lowest BCUT2D eigenvalue weighted by Crippen LogP contribution is -2.01. The molecule has 0 aromatic carbocycles. The van der Waals surface area contributed by atoms with Crippen LogP contribution in [0.5, 0.6) is 0 Å². The molecule has 7 heteroatoms. The highest BCUT2D eigenvalue weighted by Crippen LogP contribution is 2.14. The minimum absolute atomic E-state index is 0.503. The van der Waals surface area contributed by atoms with Gasteiger partial charge in [-0.3, -0.25) is 0 Å². The normalized spacial score (nSPS) is 11.2. The molecule has 13 heavy (non-hydrogen) atoms. The van der Waals surface area contributed by atoms with Gasteiger partial charge in [0.2, 0.25) is 10.1 Å². The van der Waals surface area contributed by atoms with Gasteiger partial charge < -0.3 is 10.5 Å². The Hall–Kier alpha value is -1.21. The highest BCUT2D eigenvalue weighted by Gasteiger charge is 2.08. The molecule has 2 rings (SSSR count). The van der Waals surface area contributed by atoms with Crippen molar-refractivity contribution in [2.24, 2.45) is 0 Å². The highest BCUT2D eigenvalue weighted by molar-refractivity contribution is 7.20. The van der Waals surface area contributed by atoms with Crippen LogP contribution in [0.15, 0.2) is 0 Å². The van der Waals surface area contributed by atoms with Gasteiger partial charge in [-0.1, -0.05) is 11.3 Å². The van der Waals surface area contributed by atoms with E-state index in [9.17, 15) is 0 Å². The number of fused-ring (bicyclic) bond motifs is 1. The second kappa shape index (κ2) is 3.27. The minimum atomic E-state index is 0.503. The molecule has 0 saturated carbocycles. The number of nitrogens with two attached hydrogens (primary N) is 1. The lowest BCUT2D eigenvalue weighted by molar-refractivity contribution is 0.200. The molecule has 2 N–H and O–H groups in total. The van der Waals surface area contributed by atoms with Crippen LogP contribution >= 0.6 is 11.3 Å². The first kappa shape index (κ1) is 8.39. The van der Waals surface area contributed by atoms with E-state index in [4.69, 9.17) is 10.5 Å². The Bertz CT molecular complexity index is 408. The molecule has 0 radical (unpaired) electrons. The van der Waals surface area contributed by atoms with E-state index in [1.807, 2.05) is 0 Å². The summed E-state index contributed by atoms with van der Waals surface area (Å²) in [6, 6.07) is 0. The lowest BCUT2D eigenvalue weighted by atomic mass is 10.4. The van der Waals surface area contributed by atoms with E-state index >= 15 is 0 Å². The van der Waals surface area contributed by atoms with Gasteiger partial charge in [0.1, 0.15) is 0 Å². The van der Waals surface area contributed by atoms with E-state index < -0.39 is 0 Å². The number of nitrogen functional groups attached to an aromatic ring is 1. The van der Waals surface area contributed by atoms with Crippen molar-refractivity contribution in [2.45, 2.75) is 6.42 Å². The van der Waals surface area contributed by atoms with Crippen molar-refractivity contribution in [1.29, 1.82) is 0 Å². The Balaban J connectivity index is 2.33. The van der Waals surface area contributed by atoms with Crippen LogP contribution in [0.2, 0.25) is 0 Å². The summed E-state index contributed by atoms with van der Waals surface area (Å²) in [6.07, 6.45) is 0.695. The molecule has 6 nitrogen and oxygen atoms in total. The van der Waals surface area contributed by atoms with E-state index in [0.717, 1.165) is 10.8 Å². The lowest BCUT2D eigenvalue weighted by Gasteiger charge is -1.93. The van der Waals surface area contributed by atoms with Crippen LogP contribution in [0.25, 0.3) is 4.96 Å². The van der Waals surface area contributed by atoms with Gasteiger partial charge in [0.05, 0.1) is 6.61 Å². The van der Waals surface area contributed by atoms with Gasteiger partial charge in [0.25, 0.3) is 0 Å². The fourth-order valence-electron chi connectivity index (χ4n) is 1.02. The predicted molar refractivity (Wildman–Crippen MR) is 48.7 cm³/mol. The average Bonchev–Trinajstić information content (AvgIpc) is 2.61. The number of methoxy groups -OCH3 is 1. The molecule has 0 aliphatic heterocycles. The molecule has 0 aliphatic carbocycles. The Morgan fingerprint density at radius 3 is 3.15 bits per heavy atom. The largest absolute Gasteiger partial charge is 0.384 e. The van der Waals surface area contributed by atoms with E-state index in [0.29, 0.717) is 18.2 Å². The van der Waals surface area contributed by atoms with Crippen molar-refractivity contribution in [3.05, 3.63) is 5.82 Å². The van der Waals surface area contributed by atoms with Crippen molar-refractivity contribution in [3.8, 4) is 0 Å². The second-order valence-electron chi connectivity index (χ2n) is 2.49. The van der Waals surface area contributed by atoms with Crippen LogP contribution in [0.1, 0.15) is 5.82 Å². The van der Waals surface area contributed by atoms with Gasteiger partial charge in [-0.2, -0.15) is 4.52 Å². The smallest absolute Gasteiger partial charge is 0.236 e. The summed E-state index contributed by atoms with van der Waals surface area (Å²) in [7, 11) is 1.65. The Morgan fingerprint density at radius 1 is 1.54 bits per heavy atom. The van der Waals surface area contributed by atoms with Gasteiger partial charge in [0, 0.05) is 13.5 Å². The zero-order chi connectivity index (χ0) is 9.26. The first-order valence-electron chi connectivity index (χ1n) is 3.77. The maximum atomic E-state index is 5.52. The molecule has 2 aromatic rings. The van der Waals surface area contributed by atoms with E-state index in [1.165, 1.54) is 11.3 Å². The van der Waals surface area contributed by atoms with Crippen LogP contribution in [-0.4, -0.2) is 33.5 Å². The molecule has 2 heterocycles. The number of aromatic nitrogens is 4. The summed E-state index contributed by atoms with van der Waals surface area (Å²) >= 11 is 1.32. The van der Waals surface area contributed by atoms with Crippen molar-refractivity contribution < 1.29 is 4.74 Å². The number of anilines is 1. The van der Waals surface area contributed by atoms with E-state index in [2.05, 4.69) is 15.3 Å². The maximum absolute atomic E-state index is 5.52. The molecule has 0 spiro atoms. The third kappa shape index (κ3) is 1.47. The van der Waals surface area contributed by atoms with Crippen molar-refractivity contribution in [3.63, 3.8) is 0 Å². The van der Waals surface area contributed by atoms with Crippen LogP contribution in [0, 0.1) is 0 Å². The van der Waals surface area contributed by atoms with Gasteiger partial charge in [-0.05, 0) is 0 Å². The Kier molecular flexibility index (Phi) is 2.11. The monoisotopic (exact) mass is 199 g/mol. The summed E-state index contributed by atoms with van der Waals surface area (Å²) in [4.78, 5) is 0.726. The van der Waals surface area contributed by atoms with Crippen LogP contribution in [0.4, 0.5) is 5.13 Å². The minimum Gasteiger partial charge on any atom is -0.384 e. The standard InChI is InChI=1S/C6H9N5OS/c1-12-3-2-4-8-9-6-11(4)10-5(7)13-6/h2-3H2,1H3,(H2,7,10). The van der Waals surface area contributed by atoms with E-state index in [1.54, 1.807) is 11.6 Å². The van der Waals surface area contributed by atoms with E-state index in [-0.39, 0.29) is 0 Å². The maximum Gasteiger partial charge on any atom is 0.236 e. The van der Waals surface area contributed by atoms with Gasteiger partial charge in [0.15, 0.2) is 5.82 Å². The third-order valence-corrected chi connectivity index (χ3v) is 2.33.